The van der Waals surface area contributed by atoms with E-state index in [0.29, 0.717) is 24.6 Å². The number of para-hydroxylation sites is 3. The van der Waals surface area contributed by atoms with Crippen molar-refractivity contribution in [3.63, 3.8) is 0 Å². The molecule has 1 N–H and O–H groups in total. The minimum atomic E-state index is -3.52. The van der Waals surface area contributed by atoms with E-state index in [0.717, 1.165) is 36.8 Å². The van der Waals surface area contributed by atoms with Crippen LogP contribution in [0.25, 0.3) is 0 Å². The number of carbonyl (C=O) groups is 1. The maximum absolute atomic E-state index is 12.6. The van der Waals surface area contributed by atoms with Crippen molar-refractivity contribution in [3.8, 4) is 11.5 Å². The molecule has 0 aliphatic carbocycles. The van der Waals surface area contributed by atoms with Crippen LogP contribution in [0.2, 0.25) is 0 Å². The van der Waals surface area contributed by atoms with Gasteiger partial charge in [0.15, 0.2) is 6.10 Å². The highest BCUT2D eigenvalue weighted by Crippen LogP contribution is 2.34. The van der Waals surface area contributed by atoms with Crippen molar-refractivity contribution in [2.24, 2.45) is 0 Å². The van der Waals surface area contributed by atoms with Crippen LogP contribution in [-0.4, -0.2) is 46.4 Å². The number of nitrogens with zero attached hydrogens (tertiary/aromatic N) is 1. The molecule has 0 unspecified atom stereocenters. The van der Waals surface area contributed by atoms with Gasteiger partial charge >= 0.3 is 0 Å². The molecule has 1 amide bonds. The Hall–Kier alpha value is -2.74. The molecule has 0 bridgehead atoms. The summed E-state index contributed by atoms with van der Waals surface area (Å²) in [4.78, 5) is 12.6. The standard InChI is InChI=1S/C22H28N2O5S/c1-3-15-28-19-12-6-4-9-17(19)10-8-14-23-22(25)21-16-24(30(2,26)27)18-11-5-7-13-20(18)29-21/h4-7,9,11-13,21H,3,8,10,14-16H2,1-2H3,(H,23,25)/t21-/m1/s1. The van der Waals surface area contributed by atoms with Crippen molar-refractivity contribution in [2.45, 2.75) is 32.3 Å². The molecule has 0 radical (unpaired) electrons. The molecule has 7 nitrogen and oxygen atoms in total. The third-order valence-electron chi connectivity index (χ3n) is 4.78. The average Bonchev–Trinajstić information content (AvgIpc) is 2.74. The molecule has 2 aromatic carbocycles. The molecule has 3 rings (SSSR count). The molecule has 0 spiro atoms. The van der Waals surface area contributed by atoms with Crippen LogP contribution in [0.5, 0.6) is 11.5 Å². The first kappa shape index (κ1) is 22.0. The molecule has 0 saturated heterocycles. The van der Waals surface area contributed by atoms with Crippen LogP contribution < -0.4 is 19.1 Å². The van der Waals surface area contributed by atoms with E-state index in [1.54, 1.807) is 24.3 Å². The fourth-order valence-electron chi connectivity index (χ4n) is 3.32. The monoisotopic (exact) mass is 432 g/mol. The van der Waals surface area contributed by atoms with E-state index in [9.17, 15) is 13.2 Å². The maximum atomic E-state index is 12.6. The number of benzene rings is 2. The summed E-state index contributed by atoms with van der Waals surface area (Å²) in [5.74, 6) is 0.937. The fourth-order valence-corrected chi connectivity index (χ4v) is 4.23. The largest absolute Gasteiger partial charge is 0.493 e. The van der Waals surface area contributed by atoms with Crippen molar-refractivity contribution in [2.75, 3.05) is 30.3 Å². The SMILES string of the molecule is CCCOc1ccccc1CCCNC(=O)[C@H]1CN(S(C)(=O)=O)c2ccccc2O1. The molecule has 8 heteroatoms. The minimum Gasteiger partial charge on any atom is -0.493 e. The number of aryl methyl sites for hydroxylation is 1. The van der Waals surface area contributed by atoms with Crippen LogP contribution in [0, 0.1) is 0 Å². The van der Waals surface area contributed by atoms with Gasteiger partial charge in [0.1, 0.15) is 11.5 Å². The summed E-state index contributed by atoms with van der Waals surface area (Å²) in [5, 5.41) is 2.86. The van der Waals surface area contributed by atoms with Gasteiger partial charge in [0.25, 0.3) is 5.91 Å². The smallest absolute Gasteiger partial charge is 0.263 e. The Balaban J connectivity index is 1.56. The van der Waals surface area contributed by atoms with E-state index >= 15 is 0 Å². The predicted molar refractivity (Wildman–Crippen MR) is 117 cm³/mol. The molecule has 0 fully saturated rings. The van der Waals surface area contributed by atoms with Gasteiger partial charge in [-0.15, -0.1) is 0 Å². The molecule has 1 aliphatic rings. The van der Waals surface area contributed by atoms with Crippen LogP contribution >= 0.6 is 0 Å². The number of carbonyl (C=O) groups excluding carboxylic acids is 1. The number of rotatable bonds is 9. The number of amides is 1. The summed E-state index contributed by atoms with van der Waals surface area (Å²) in [6.07, 6.45) is 2.68. The summed E-state index contributed by atoms with van der Waals surface area (Å²) in [7, 11) is -3.52. The zero-order chi connectivity index (χ0) is 21.6. The first-order valence-corrected chi connectivity index (χ1v) is 12.0. The van der Waals surface area contributed by atoms with Gasteiger partial charge in [0, 0.05) is 6.54 Å². The molecule has 1 atom stereocenters. The fraction of sp³-hybridized carbons (Fsp3) is 0.409. The Morgan fingerprint density at radius 1 is 1.20 bits per heavy atom. The lowest BCUT2D eigenvalue weighted by molar-refractivity contribution is -0.127. The lowest BCUT2D eigenvalue weighted by atomic mass is 10.1. The van der Waals surface area contributed by atoms with Gasteiger partial charge in [0.05, 0.1) is 25.1 Å². The van der Waals surface area contributed by atoms with Crippen LogP contribution in [0.15, 0.2) is 48.5 Å². The molecule has 162 valence electrons. The molecule has 0 saturated carbocycles. The van der Waals surface area contributed by atoms with Crippen molar-refractivity contribution in [3.05, 3.63) is 54.1 Å². The van der Waals surface area contributed by atoms with Crippen molar-refractivity contribution < 1.29 is 22.7 Å². The maximum Gasteiger partial charge on any atom is 0.263 e. The van der Waals surface area contributed by atoms with Gasteiger partial charge in [-0.3, -0.25) is 9.10 Å². The lowest BCUT2D eigenvalue weighted by Crippen LogP contribution is -2.50. The molecule has 30 heavy (non-hydrogen) atoms. The third-order valence-corrected chi connectivity index (χ3v) is 5.93. The normalized spacial score (nSPS) is 15.8. The van der Waals surface area contributed by atoms with E-state index in [-0.39, 0.29) is 12.5 Å². The van der Waals surface area contributed by atoms with Crippen LogP contribution in [0.4, 0.5) is 5.69 Å². The highest BCUT2D eigenvalue weighted by Gasteiger charge is 2.34. The molecular weight excluding hydrogens is 404 g/mol. The molecule has 2 aromatic rings. The van der Waals surface area contributed by atoms with E-state index in [2.05, 4.69) is 12.2 Å². The number of hydrogen-bond donors (Lipinski definition) is 1. The summed E-state index contributed by atoms with van der Waals surface area (Å²) in [5.41, 5.74) is 1.55. The van der Waals surface area contributed by atoms with Gasteiger partial charge in [-0.1, -0.05) is 37.3 Å². The molecule has 1 heterocycles. The highest BCUT2D eigenvalue weighted by atomic mass is 32.2. The van der Waals surface area contributed by atoms with Gasteiger partial charge < -0.3 is 14.8 Å². The Bertz CT molecular complexity index is 977. The van der Waals surface area contributed by atoms with Crippen LogP contribution in [-0.2, 0) is 21.2 Å². The van der Waals surface area contributed by atoms with Gasteiger partial charge in [-0.25, -0.2) is 8.42 Å². The zero-order valence-corrected chi connectivity index (χ0v) is 18.2. The van der Waals surface area contributed by atoms with E-state index < -0.39 is 16.1 Å². The highest BCUT2D eigenvalue weighted by molar-refractivity contribution is 7.92. The minimum absolute atomic E-state index is 0.0463. The molecule has 1 aliphatic heterocycles. The summed E-state index contributed by atoms with van der Waals surface area (Å²) >= 11 is 0. The zero-order valence-electron chi connectivity index (χ0n) is 17.3. The quantitative estimate of drug-likeness (QED) is 0.616. The number of anilines is 1. The Labute approximate surface area is 178 Å². The van der Waals surface area contributed by atoms with Crippen LogP contribution in [0.3, 0.4) is 0 Å². The van der Waals surface area contributed by atoms with Crippen molar-refractivity contribution in [1.29, 1.82) is 0 Å². The number of hydrogen-bond acceptors (Lipinski definition) is 5. The Kier molecular flexibility index (Phi) is 7.20. The van der Waals surface area contributed by atoms with Crippen LogP contribution in [0.1, 0.15) is 25.3 Å². The third kappa shape index (κ3) is 5.44. The summed E-state index contributed by atoms with van der Waals surface area (Å²) in [6.45, 7) is 3.15. The van der Waals surface area contributed by atoms with E-state index in [1.165, 1.54) is 4.31 Å². The number of fused-ring (bicyclic) bond motifs is 1. The number of sulfonamides is 1. The average molecular weight is 433 g/mol. The van der Waals surface area contributed by atoms with Gasteiger partial charge in [0.2, 0.25) is 10.0 Å². The Morgan fingerprint density at radius 3 is 2.70 bits per heavy atom. The van der Waals surface area contributed by atoms with Gasteiger partial charge in [-0.2, -0.15) is 0 Å². The predicted octanol–water partition coefficient (Wildman–Crippen LogP) is 2.75. The molecule has 0 aromatic heterocycles. The topological polar surface area (TPSA) is 84.9 Å². The number of ether oxygens (including phenoxy) is 2. The first-order chi connectivity index (χ1) is 14.4. The van der Waals surface area contributed by atoms with E-state index in [4.69, 9.17) is 9.47 Å². The first-order valence-electron chi connectivity index (χ1n) is 10.1. The lowest BCUT2D eigenvalue weighted by Gasteiger charge is -2.33. The summed E-state index contributed by atoms with van der Waals surface area (Å²) < 4.78 is 37.1. The second kappa shape index (κ2) is 9.84. The van der Waals surface area contributed by atoms with Crippen molar-refractivity contribution in [1.82, 2.24) is 5.32 Å². The number of nitrogens with one attached hydrogen (secondary N) is 1. The van der Waals surface area contributed by atoms with Gasteiger partial charge in [-0.05, 0) is 43.0 Å². The van der Waals surface area contributed by atoms with Crippen molar-refractivity contribution >= 4 is 21.6 Å². The molecular formula is C22H28N2O5S. The van der Waals surface area contributed by atoms with E-state index in [1.807, 2.05) is 24.3 Å². The second-order valence-electron chi connectivity index (χ2n) is 7.22. The second-order valence-corrected chi connectivity index (χ2v) is 9.13. The Morgan fingerprint density at radius 2 is 1.93 bits per heavy atom. The summed E-state index contributed by atoms with van der Waals surface area (Å²) in [6, 6.07) is 14.7.